The molecule has 0 aromatic heterocycles. The molecule has 0 aliphatic carbocycles. The van der Waals surface area contributed by atoms with Gasteiger partial charge in [-0.2, -0.15) is 0 Å². The first-order valence-corrected chi connectivity index (χ1v) is 2.43. The number of allylic oxidation sites excluding steroid dienone is 1. The van der Waals surface area contributed by atoms with E-state index in [1.54, 1.807) is 0 Å². The molecule has 2 nitrogen and oxygen atoms in total. The Kier molecular flexibility index (Phi) is 5.39. The molecule has 0 spiro atoms. The second-order valence-corrected chi connectivity index (χ2v) is 1.23. The third-order valence-electron chi connectivity index (χ3n) is 0.642. The Morgan fingerprint density at radius 1 is 1.71 bits per heavy atom. The molecule has 0 aliphatic rings. The van der Waals surface area contributed by atoms with Crippen LogP contribution in [0.5, 0.6) is 0 Å². The van der Waals surface area contributed by atoms with E-state index in [1.165, 1.54) is 0 Å². The summed E-state index contributed by atoms with van der Waals surface area (Å²) in [6.07, 6.45) is 4.01. The fourth-order valence-corrected chi connectivity index (χ4v) is 0.285. The van der Waals surface area contributed by atoms with Gasteiger partial charge in [-0.05, 0) is 6.92 Å². The maximum Gasteiger partial charge on any atom is 0.0431 e. The molecule has 0 rings (SSSR count). The Hall–Kier alpha value is -0.340. The molecule has 0 unspecified atom stereocenters. The molecule has 0 aromatic carbocycles. The Morgan fingerprint density at radius 2 is 2.43 bits per heavy atom. The van der Waals surface area contributed by atoms with Gasteiger partial charge in [0.1, 0.15) is 0 Å². The average molecular weight is 100 g/mol. The normalized spacial score (nSPS) is 10.6. The minimum Gasteiger partial charge on any atom is -0.318 e. The van der Waals surface area contributed by atoms with E-state index in [2.05, 4.69) is 5.32 Å². The van der Waals surface area contributed by atoms with Crippen molar-refractivity contribution in [1.82, 2.24) is 5.32 Å². The van der Waals surface area contributed by atoms with E-state index in [4.69, 9.17) is 5.73 Å². The van der Waals surface area contributed by atoms with E-state index >= 15 is 0 Å². The van der Waals surface area contributed by atoms with Gasteiger partial charge in [-0.15, -0.1) is 0 Å². The topological polar surface area (TPSA) is 38.0 Å². The molecule has 0 radical (unpaired) electrons. The quantitative estimate of drug-likeness (QED) is 0.299. The van der Waals surface area contributed by atoms with Crippen molar-refractivity contribution < 1.29 is 0 Å². The van der Waals surface area contributed by atoms with Crippen LogP contribution in [0.15, 0.2) is 12.2 Å². The van der Waals surface area contributed by atoms with Gasteiger partial charge in [0, 0.05) is 13.2 Å². The third kappa shape index (κ3) is 5.66. The first-order valence-electron chi connectivity index (χ1n) is 2.43. The maximum absolute atomic E-state index is 5.12. The van der Waals surface area contributed by atoms with Crippen LogP contribution in [0, 0.1) is 0 Å². The Bertz CT molecular complexity index is 50.0. The largest absolute Gasteiger partial charge is 0.318 e. The predicted octanol–water partition coefficient (Wildman–Crippen LogP) is 0.0683. The SMILES string of the molecule is C/C=C\CNCN. The molecule has 7 heavy (non-hydrogen) atoms. The van der Waals surface area contributed by atoms with Crippen molar-refractivity contribution in [2.75, 3.05) is 13.2 Å². The minimum atomic E-state index is 0.560. The highest BCUT2D eigenvalue weighted by molar-refractivity contribution is 4.78. The van der Waals surface area contributed by atoms with Crippen LogP contribution < -0.4 is 11.1 Å². The van der Waals surface area contributed by atoms with Crippen LogP contribution >= 0.6 is 0 Å². The van der Waals surface area contributed by atoms with Crippen molar-refractivity contribution in [1.29, 1.82) is 0 Å². The Labute approximate surface area is 44.4 Å². The highest BCUT2D eigenvalue weighted by Gasteiger charge is 1.68. The smallest absolute Gasteiger partial charge is 0.0431 e. The van der Waals surface area contributed by atoms with Crippen LogP contribution in [0.3, 0.4) is 0 Å². The highest BCUT2D eigenvalue weighted by atomic mass is 14.9. The summed E-state index contributed by atoms with van der Waals surface area (Å²) in [7, 11) is 0. The summed E-state index contributed by atoms with van der Waals surface area (Å²) in [5.74, 6) is 0. The van der Waals surface area contributed by atoms with Crippen LogP contribution in [0.25, 0.3) is 0 Å². The predicted molar refractivity (Wildman–Crippen MR) is 31.9 cm³/mol. The van der Waals surface area contributed by atoms with Gasteiger partial charge in [-0.25, -0.2) is 0 Å². The first kappa shape index (κ1) is 6.66. The van der Waals surface area contributed by atoms with Crippen LogP contribution in [0.2, 0.25) is 0 Å². The van der Waals surface area contributed by atoms with Gasteiger partial charge in [0.25, 0.3) is 0 Å². The van der Waals surface area contributed by atoms with Gasteiger partial charge in [-0.3, -0.25) is 0 Å². The van der Waals surface area contributed by atoms with E-state index in [1.807, 2.05) is 19.1 Å². The minimum absolute atomic E-state index is 0.560. The summed E-state index contributed by atoms with van der Waals surface area (Å²) in [6, 6.07) is 0. The zero-order valence-electron chi connectivity index (χ0n) is 4.65. The lowest BCUT2D eigenvalue weighted by Crippen LogP contribution is -2.21. The molecule has 0 saturated carbocycles. The molecule has 0 heterocycles. The van der Waals surface area contributed by atoms with Gasteiger partial charge in [-0.1, -0.05) is 12.2 Å². The first-order chi connectivity index (χ1) is 3.41. The molecule has 42 valence electrons. The molecule has 0 saturated heterocycles. The lowest BCUT2D eigenvalue weighted by molar-refractivity contribution is 0.775. The molecule has 0 amide bonds. The third-order valence-corrected chi connectivity index (χ3v) is 0.642. The summed E-state index contributed by atoms with van der Waals surface area (Å²) < 4.78 is 0. The Morgan fingerprint density at radius 3 is 2.86 bits per heavy atom. The standard InChI is InChI=1S/C5H12N2/c1-2-3-4-7-5-6/h2-3,7H,4-6H2,1H3/b3-2-. The lowest BCUT2D eigenvalue weighted by atomic mass is 10.5. The van der Waals surface area contributed by atoms with Gasteiger partial charge in [0.15, 0.2) is 0 Å². The van der Waals surface area contributed by atoms with Crippen molar-refractivity contribution in [2.24, 2.45) is 5.73 Å². The fourth-order valence-electron chi connectivity index (χ4n) is 0.285. The van der Waals surface area contributed by atoms with Gasteiger partial charge in [0.05, 0.1) is 0 Å². The molecule has 0 aromatic rings. The average Bonchev–Trinajstić information content (AvgIpc) is 1.69. The van der Waals surface area contributed by atoms with Crippen LogP contribution in [0.4, 0.5) is 0 Å². The molecular formula is C5H12N2. The van der Waals surface area contributed by atoms with Crippen LogP contribution in [0.1, 0.15) is 6.92 Å². The summed E-state index contributed by atoms with van der Waals surface area (Å²) in [5, 5.41) is 2.94. The maximum atomic E-state index is 5.12. The molecule has 0 bridgehead atoms. The lowest BCUT2D eigenvalue weighted by Gasteiger charge is -1.89. The number of nitrogens with one attached hydrogen (secondary N) is 1. The van der Waals surface area contributed by atoms with Crippen molar-refractivity contribution in [3.63, 3.8) is 0 Å². The zero-order valence-corrected chi connectivity index (χ0v) is 4.65. The van der Waals surface area contributed by atoms with Crippen LogP contribution in [-0.4, -0.2) is 13.2 Å². The van der Waals surface area contributed by atoms with E-state index < -0.39 is 0 Å². The summed E-state index contributed by atoms with van der Waals surface area (Å²) in [4.78, 5) is 0. The molecular weight excluding hydrogens is 88.1 g/mol. The second kappa shape index (κ2) is 5.66. The van der Waals surface area contributed by atoms with Crippen molar-refractivity contribution in [3.05, 3.63) is 12.2 Å². The molecule has 0 aliphatic heterocycles. The monoisotopic (exact) mass is 100 g/mol. The van der Waals surface area contributed by atoms with Crippen molar-refractivity contribution >= 4 is 0 Å². The highest BCUT2D eigenvalue weighted by Crippen LogP contribution is 1.62. The number of hydrogen-bond donors (Lipinski definition) is 2. The fraction of sp³-hybridized carbons (Fsp3) is 0.600. The second-order valence-electron chi connectivity index (χ2n) is 1.23. The molecule has 0 atom stereocenters. The van der Waals surface area contributed by atoms with Gasteiger partial charge >= 0.3 is 0 Å². The number of rotatable bonds is 3. The van der Waals surface area contributed by atoms with Crippen molar-refractivity contribution in [3.8, 4) is 0 Å². The Balaban J connectivity index is 2.69. The molecule has 3 N–H and O–H groups in total. The van der Waals surface area contributed by atoms with Gasteiger partial charge < -0.3 is 11.1 Å². The van der Waals surface area contributed by atoms with E-state index in [0.29, 0.717) is 6.67 Å². The number of hydrogen-bond acceptors (Lipinski definition) is 2. The molecule has 2 heteroatoms. The van der Waals surface area contributed by atoms with Gasteiger partial charge in [0.2, 0.25) is 0 Å². The summed E-state index contributed by atoms with van der Waals surface area (Å²) in [5.41, 5.74) is 5.12. The van der Waals surface area contributed by atoms with E-state index in [-0.39, 0.29) is 0 Å². The zero-order chi connectivity index (χ0) is 5.54. The molecule has 0 fully saturated rings. The van der Waals surface area contributed by atoms with E-state index in [0.717, 1.165) is 6.54 Å². The number of nitrogens with two attached hydrogens (primary N) is 1. The van der Waals surface area contributed by atoms with Crippen molar-refractivity contribution in [2.45, 2.75) is 6.92 Å². The van der Waals surface area contributed by atoms with Crippen LogP contribution in [-0.2, 0) is 0 Å². The summed E-state index contributed by atoms with van der Waals surface area (Å²) in [6.45, 7) is 3.43. The summed E-state index contributed by atoms with van der Waals surface area (Å²) >= 11 is 0. The van der Waals surface area contributed by atoms with E-state index in [9.17, 15) is 0 Å².